The molecule has 1 saturated carbocycles. The highest BCUT2D eigenvalue weighted by atomic mass is 35.5. The summed E-state index contributed by atoms with van der Waals surface area (Å²) in [5.41, 5.74) is 4.76. The molecule has 4 heteroatoms. The van der Waals surface area contributed by atoms with E-state index in [1.165, 1.54) is 0 Å². The normalized spacial score (nSPS) is 35.3. The summed E-state index contributed by atoms with van der Waals surface area (Å²) in [6.07, 6.45) is 3.32. The Hall–Kier alpha value is -0.280. The fourth-order valence-corrected chi connectivity index (χ4v) is 1.79. The molecular formula is C8H16ClNO2. The minimum atomic E-state index is -0.933. The Morgan fingerprint density at radius 2 is 2.25 bits per heavy atom. The molecule has 2 atom stereocenters. The maximum absolute atomic E-state index is 10.7. The van der Waals surface area contributed by atoms with E-state index in [9.17, 15) is 4.79 Å². The van der Waals surface area contributed by atoms with Gasteiger partial charge in [0.1, 0.15) is 5.54 Å². The van der Waals surface area contributed by atoms with Crippen molar-refractivity contribution in [3.05, 3.63) is 0 Å². The predicted molar refractivity (Wildman–Crippen MR) is 49.4 cm³/mol. The zero-order valence-corrected chi connectivity index (χ0v) is 8.06. The van der Waals surface area contributed by atoms with Crippen LogP contribution in [0.2, 0.25) is 0 Å². The van der Waals surface area contributed by atoms with Gasteiger partial charge in [-0.3, -0.25) is 4.79 Å². The van der Waals surface area contributed by atoms with Gasteiger partial charge in [-0.25, -0.2) is 0 Å². The maximum Gasteiger partial charge on any atom is 0.323 e. The van der Waals surface area contributed by atoms with Crippen LogP contribution >= 0.6 is 12.4 Å². The molecule has 0 aliphatic heterocycles. The van der Waals surface area contributed by atoms with E-state index in [2.05, 4.69) is 6.92 Å². The van der Waals surface area contributed by atoms with Gasteiger partial charge in [0.05, 0.1) is 0 Å². The van der Waals surface area contributed by atoms with Crippen LogP contribution in [0.15, 0.2) is 0 Å². The van der Waals surface area contributed by atoms with Crippen LogP contribution in [0.1, 0.15) is 32.6 Å². The predicted octanol–water partition coefficient (Wildman–Crippen LogP) is 1.40. The SMILES string of the molecule is C[C@H]1CCC[C@@](N)(C(=O)O)C1.Cl. The minimum absolute atomic E-state index is 0. The second-order valence-electron chi connectivity index (χ2n) is 3.66. The molecule has 1 fully saturated rings. The lowest BCUT2D eigenvalue weighted by Gasteiger charge is -2.32. The number of hydrogen-bond acceptors (Lipinski definition) is 2. The van der Waals surface area contributed by atoms with Crippen molar-refractivity contribution in [2.75, 3.05) is 0 Å². The molecule has 0 heterocycles. The van der Waals surface area contributed by atoms with E-state index in [1.807, 2.05) is 0 Å². The van der Waals surface area contributed by atoms with Crippen molar-refractivity contribution in [3.63, 3.8) is 0 Å². The second-order valence-corrected chi connectivity index (χ2v) is 3.66. The van der Waals surface area contributed by atoms with E-state index in [0.29, 0.717) is 18.8 Å². The van der Waals surface area contributed by atoms with Crippen molar-refractivity contribution in [2.24, 2.45) is 11.7 Å². The maximum atomic E-state index is 10.7. The molecule has 0 unspecified atom stereocenters. The molecule has 12 heavy (non-hydrogen) atoms. The van der Waals surface area contributed by atoms with E-state index in [1.54, 1.807) is 0 Å². The van der Waals surface area contributed by atoms with Crippen LogP contribution < -0.4 is 5.73 Å². The summed E-state index contributed by atoms with van der Waals surface area (Å²) in [4.78, 5) is 10.7. The number of rotatable bonds is 1. The molecule has 0 aromatic carbocycles. The molecule has 1 rings (SSSR count). The van der Waals surface area contributed by atoms with Gasteiger partial charge in [-0.15, -0.1) is 12.4 Å². The molecule has 0 spiro atoms. The van der Waals surface area contributed by atoms with E-state index in [4.69, 9.17) is 10.8 Å². The van der Waals surface area contributed by atoms with Crippen LogP contribution in [-0.4, -0.2) is 16.6 Å². The zero-order chi connectivity index (χ0) is 8.48. The highest BCUT2D eigenvalue weighted by Crippen LogP contribution is 2.30. The van der Waals surface area contributed by atoms with E-state index < -0.39 is 11.5 Å². The summed E-state index contributed by atoms with van der Waals surface area (Å²) in [7, 11) is 0. The Kier molecular flexibility index (Phi) is 4.00. The average Bonchev–Trinajstić information content (AvgIpc) is 1.86. The first-order valence-corrected chi connectivity index (χ1v) is 4.07. The van der Waals surface area contributed by atoms with Gasteiger partial charge in [-0.05, 0) is 18.8 Å². The highest BCUT2D eigenvalue weighted by molar-refractivity contribution is 5.85. The molecule has 1 aliphatic rings. The number of carboxylic acid groups (broad SMARTS) is 1. The van der Waals surface area contributed by atoms with Gasteiger partial charge in [0.2, 0.25) is 0 Å². The topological polar surface area (TPSA) is 63.3 Å². The van der Waals surface area contributed by atoms with Crippen LogP contribution in [0.4, 0.5) is 0 Å². The van der Waals surface area contributed by atoms with Gasteiger partial charge in [0.25, 0.3) is 0 Å². The molecule has 0 aromatic heterocycles. The molecule has 72 valence electrons. The lowest BCUT2D eigenvalue weighted by molar-refractivity contribution is -0.145. The molecule has 0 bridgehead atoms. The van der Waals surface area contributed by atoms with Gasteiger partial charge in [0, 0.05) is 0 Å². The molecule has 0 aromatic rings. The number of nitrogens with two attached hydrogens (primary N) is 1. The number of hydrogen-bond donors (Lipinski definition) is 2. The summed E-state index contributed by atoms with van der Waals surface area (Å²) in [6.45, 7) is 2.06. The molecule has 1 aliphatic carbocycles. The minimum Gasteiger partial charge on any atom is -0.480 e. The Balaban J connectivity index is 0.00000121. The Labute approximate surface area is 78.7 Å². The monoisotopic (exact) mass is 193 g/mol. The molecular weight excluding hydrogens is 178 g/mol. The standard InChI is InChI=1S/C8H15NO2.ClH/c1-6-3-2-4-8(9,5-6)7(10)11;/h6H,2-5,9H2,1H3,(H,10,11);1H/t6-,8-;/m0./s1. The van der Waals surface area contributed by atoms with Gasteiger partial charge in [-0.1, -0.05) is 19.8 Å². The van der Waals surface area contributed by atoms with Gasteiger partial charge in [-0.2, -0.15) is 0 Å². The molecule has 3 nitrogen and oxygen atoms in total. The van der Waals surface area contributed by atoms with Crippen LogP contribution in [0.5, 0.6) is 0 Å². The summed E-state index contributed by atoms with van der Waals surface area (Å²) in [5.74, 6) is -0.381. The van der Waals surface area contributed by atoms with Crippen molar-refractivity contribution in [3.8, 4) is 0 Å². The second kappa shape index (κ2) is 4.10. The number of halogens is 1. The van der Waals surface area contributed by atoms with Crippen molar-refractivity contribution >= 4 is 18.4 Å². The Bertz CT molecular complexity index is 174. The van der Waals surface area contributed by atoms with Crippen LogP contribution in [-0.2, 0) is 4.79 Å². The summed E-state index contributed by atoms with van der Waals surface area (Å²) >= 11 is 0. The Morgan fingerprint density at radius 1 is 1.67 bits per heavy atom. The largest absolute Gasteiger partial charge is 0.480 e. The average molecular weight is 194 g/mol. The first-order chi connectivity index (χ1) is 5.04. The van der Waals surface area contributed by atoms with Crippen LogP contribution in [0, 0.1) is 5.92 Å². The van der Waals surface area contributed by atoms with E-state index >= 15 is 0 Å². The first-order valence-electron chi connectivity index (χ1n) is 4.07. The number of aliphatic carboxylic acids is 1. The Morgan fingerprint density at radius 3 is 2.58 bits per heavy atom. The number of carboxylic acids is 1. The summed E-state index contributed by atoms with van der Waals surface area (Å²) < 4.78 is 0. The van der Waals surface area contributed by atoms with Gasteiger partial charge >= 0.3 is 5.97 Å². The van der Waals surface area contributed by atoms with Crippen molar-refractivity contribution in [1.82, 2.24) is 0 Å². The zero-order valence-electron chi connectivity index (χ0n) is 7.25. The summed E-state index contributed by atoms with van der Waals surface area (Å²) in [6, 6.07) is 0. The highest BCUT2D eigenvalue weighted by Gasteiger charge is 2.37. The molecule has 0 amide bonds. The smallest absolute Gasteiger partial charge is 0.323 e. The third-order valence-electron chi connectivity index (χ3n) is 2.46. The lowest BCUT2D eigenvalue weighted by atomic mass is 9.77. The molecule has 0 radical (unpaired) electrons. The lowest BCUT2D eigenvalue weighted by Crippen LogP contribution is -2.50. The molecule has 3 N–H and O–H groups in total. The van der Waals surface area contributed by atoms with Crippen molar-refractivity contribution in [2.45, 2.75) is 38.1 Å². The van der Waals surface area contributed by atoms with Crippen LogP contribution in [0.3, 0.4) is 0 Å². The quantitative estimate of drug-likeness (QED) is 0.662. The van der Waals surface area contributed by atoms with Crippen molar-refractivity contribution < 1.29 is 9.90 Å². The molecule has 0 saturated heterocycles. The third kappa shape index (κ3) is 2.35. The van der Waals surface area contributed by atoms with Crippen LogP contribution in [0.25, 0.3) is 0 Å². The van der Waals surface area contributed by atoms with E-state index in [0.717, 1.165) is 12.8 Å². The van der Waals surface area contributed by atoms with Crippen molar-refractivity contribution in [1.29, 1.82) is 0 Å². The van der Waals surface area contributed by atoms with E-state index in [-0.39, 0.29) is 12.4 Å². The summed E-state index contributed by atoms with van der Waals surface area (Å²) in [5, 5.41) is 8.79. The third-order valence-corrected chi connectivity index (χ3v) is 2.46. The van der Waals surface area contributed by atoms with Gasteiger partial charge < -0.3 is 10.8 Å². The van der Waals surface area contributed by atoms with Gasteiger partial charge in [0.15, 0.2) is 0 Å². The fourth-order valence-electron chi connectivity index (χ4n) is 1.79. The fraction of sp³-hybridized carbons (Fsp3) is 0.875. The number of carbonyl (C=O) groups is 1. The first kappa shape index (κ1) is 11.7.